The van der Waals surface area contributed by atoms with E-state index in [2.05, 4.69) is 105 Å². The molecule has 0 radical (unpaired) electrons. The summed E-state index contributed by atoms with van der Waals surface area (Å²) >= 11 is 0. The molecule has 1 atom stereocenters. The van der Waals surface area contributed by atoms with Gasteiger partial charge in [0.2, 0.25) is 0 Å². The van der Waals surface area contributed by atoms with Crippen LogP contribution in [0.25, 0.3) is 22.4 Å². The van der Waals surface area contributed by atoms with Gasteiger partial charge in [-0.15, -0.1) is 0 Å². The van der Waals surface area contributed by atoms with Crippen LogP contribution in [-0.2, 0) is 18.3 Å². The zero-order valence-electron chi connectivity index (χ0n) is 20.8. The van der Waals surface area contributed by atoms with Gasteiger partial charge in [0, 0.05) is 28.7 Å². The third-order valence-electron chi connectivity index (χ3n) is 8.23. The van der Waals surface area contributed by atoms with Crippen LogP contribution in [0.3, 0.4) is 0 Å². The average molecular weight is 468 g/mol. The zero-order chi connectivity index (χ0) is 24.3. The first kappa shape index (κ1) is 21.4. The topological polar surface area (TPSA) is 22.1 Å². The molecule has 2 heterocycles. The van der Waals surface area contributed by atoms with Gasteiger partial charge in [0.1, 0.15) is 11.5 Å². The molecule has 2 aliphatic carbocycles. The second-order valence-electron chi connectivity index (χ2n) is 10.7. The summed E-state index contributed by atoms with van der Waals surface area (Å²) in [6, 6.07) is 24.2. The standard InChI is InChI=1S/C34H29NO/c1-34(2)28-17-19-32-27(16-12-23-10-6-7-11-31(23)36-32)33(28)26-15-13-24(20-29(26)34)30-18-14-25(21-35-30)22-8-4-3-5-9-22/h3-8,10-11,13-15,17-22H,9,12,16H2,1-2H3. The molecule has 36 heavy (non-hydrogen) atoms. The van der Waals surface area contributed by atoms with Crippen molar-refractivity contribution in [2.75, 3.05) is 0 Å². The molecule has 0 spiro atoms. The molecule has 0 saturated carbocycles. The number of rotatable bonds is 2. The van der Waals surface area contributed by atoms with E-state index in [0.29, 0.717) is 5.92 Å². The lowest BCUT2D eigenvalue weighted by molar-refractivity contribution is 0.479. The summed E-state index contributed by atoms with van der Waals surface area (Å²) in [7, 11) is 0. The van der Waals surface area contributed by atoms with Gasteiger partial charge in [-0.25, -0.2) is 0 Å². The predicted molar refractivity (Wildman–Crippen MR) is 147 cm³/mol. The maximum absolute atomic E-state index is 6.45. The Balaban J connectivity index is 1.28. The summed E-state index contributed by atoms with van der Waals surface area (Å²) < 4.78 is 6.45. The molecule has 0 N–H and O–H groups in total. The van der Waals surface area contributed by atoms with Gasteiger partial charge in [0.25, 0.3) is 0 Å². The number of benzene rings is 3. The highest BCUT2D eigenvalue weighted by Crippen LogP contribution is 2.53. The lowest BCUT2D eigenvalue weighted by Gasteiger charge is -2.22. The largest absolute Gasteiger partial charge is 0.457 e. The van der Waals surface area contributed by atoms with Gasteiger partial charge < -0.3 is 4.74 Å². The van der Waals surface area contributed by atoms with Gasteiger partial charge in [-0.2, -0.15) is 0 Å². The van der Waals surface area contributed by atoms with Gasteiger partial charge in [-0.1, -0.05) is 80.6 Å². The number of ether oxygens (including phenoxy) is 1. The minimum absolute atomic E-state index is 0.0754. The molecule has 0 amide bonds. The van der Waals surface area contributed by atoms with Crippen LogP contribution in [0.15, 0.2) is 97.2 Å². The van der Waals surface area contributed by atoms with Crippen molar-refractivity contribution >= 4 is 0 Å². The molecule has 3 aromatic carbocycles. The van der Waals surface area contributed by atoms with E-state index >= 15 is 0 Å². The van der Waals surface area contributed by atoms with Crippen LogP contribution in [-0.4, -0.2) is 4.98 Å². The molecule has 3 aliphatic rings. The number of para-hydroxylation sites is 1. The number of aryl methyl sites for hydroxylation is 1. The van der Waals surface area contributed by atoms with E-state index in [1.165, 1.54) is 44.5 Å². The molecule has 7 rings (SSSR count). The first-order valence-electron chi connectivity index (χ1n) is 13.0. The maximum Gasteiger partial charge on any atom is 0.131 e. The second kappa shape index (κ2) is 8.06. The monoisotopic (exact) mass is 467 g/mol. The Morgan fingerprint density at radius 3 is 2.61 bits per heavy atom. The van der Waals surface area contributed by atoms with Crippen LogP contribution in [0, 0.1) is 0 Å². The smallest absolute Gasteiger partial charge is 0.131 e. The van der Waals surface area contributed by atoms with Crippen molar-refractivity contribution in [2.45, 2.75) is 44.4 Å². The van der Waals surface area contributed by atoms with E-state index in [0.717, 1.165) is 36.5 Å². The normalized spacial score (nSPS) is 18.4. The number of allylic oxidation sites excluding steroid dienone is 4. The van der Waals surface area contributed by atoms with Crippen LogP contribution in [0.4, 0.5) is 0 Å². The predicted octanol–water partition coefficient (Wildman–Crippen LogP) is 8.55. The SMILES string of the molecule is CC1(C)c2cc(-c3ccc(C4C=CC=CC4)cn3)ccc2-c2c1ccc1c2CCc2ccccc2O1. The van der Waals surface area contributed by atoms with Crippen LogP contribution in [0.2, 0.25) is 0 Å². The highest BCUT2D eigenvalue weighted by molar-refractivity contribution is 5.86. The molecule has 1 aliphatic heterocycles. The molecule has 1 aromatic heterocycles. The number of pyridine rings is 1. The molecule has 1 unspecified atom stereocenters. The molecule has 4 aromatic rings. The molecular formula is C34H29NO. The summed E-state index contributed by atoms with van der Waals surface area (Å²) in [6.45, 7) is 4.69. The molecule has 2 nitrogen and oxygen atoms in total. The van der Waals surface area contributed by atoms with Crippen molar-refractivity contribution in [3.8, 4) is 33.9 Å². The van der Waals surface area contributed by atoms with Gasteiger partial charge in [0.15, 0.2) is 0 Å². The summed E-state index contributed by atoms with van der Waals surface area (Å²) in [6.07, 6.45) is 13.8. The summed E-state index contributed by atoms with van der Waals surface area (Å²) in [5, 5.41) is 0. The Morgan fingerprint density at radius 1 is 0.861 bits per heavy atom. The minimum Gasteiger partial charge on any atom is -0.457 e. The fourth-order valence-corrected chi connectivity index (χ4v) is 6.20. The van der Waals surface area contributed by atoms with Crippen LogP contribution in [0.1, 0.15) is 54.0 Å². The first-order valence-corrected chi connectivity index (χ1v) is 13.0. The highest BCUT2D eigenvalue weighted by Gasteiger charge is 2.38. The van der Waals surface area contributed by atoms with E-state index in [1.807, 2.05) is 6.20 Å². The third-order valence-corrected chi connectivity index (χ3v) is 8.23. The van der Waals surface area contributed by atoms with Gasteiger partial charge in [-0.05, 0) is 76.9 Å². The summed E-state index contributed by atoms with van der Waals surface area (Å²) in [4.78, 5) is 4.87. The summed E-state index contributed by atoms with van der Waals surface area (Å²) in [5.41, 5.74) is 11.5. The van der Waals surface area contributed by atoms with Crippen LogP contribution < -0.4 is 4.74 Å². The number of hydrogen-bond donors (Lipinski definition) is 0. The third kappa shape index (κ3) is 3.28. The fourth-order valence-electron chi connectivity index (χ4n) is 6.20. The highest BCUT2D eigenvalue weighted by atomic mass is 16.5. The molecule has 0 fully saturated rings. The Labute approximate surface area is 213 Å². The van der Waals surface area contributed by atoms with Crippen molar-refractivity contribution in [2.24, 2.45) is 0 Å². The second-order valence-corrected chi connectivity index (χ2v) is 10.7. The number of aromatic nitrogens is 1. The molecule has 0 bridgehead atoms. The molecule has 0 saturated heterocycles. The van der Waals surface area contributed by atoms with Crippen LogP contribution in [0.5, 0.6) is 11.5 Å². The van der Waals surface area contributed by atoms with E-state index < -0.39 is 0 Å². The number of hydrogen-bond acceptors (Lipinski definition) is 2. The average Bonchev–Trinajstić information content (AvgIpc) is 3.04. The zero-order valence-corrected chi connectivity index (χ0v) is 20.8. The van der Waals surface area contributed by atoms with E-state index in [1.54, 1.807) is 0 Å². The van der Waals surface area contributed by atoms with Crippen LogP contribution >= 0.6 is 0 Å². The van der Waals surface area contributed by atoms with Crippen molar-refractivity contribution < 1.29 is 4.74 Å². The van der Waals surface area contributed by atoms with Gasteiger partial charge in [-0.3, -0.25) is 4.98 Å². The fraction of sp³-hybridized carbons (Fsp3) is 0.206. The number of fused-ring (bicyclic) bond motifs is 6. The van der Waals surface area contributed by atoms with Crippen molar-refractivity contribution in [1.82, 2.24) is 4.98 Å². The lowest BCUT2D eigenvalue weighted by Crippen LogP contribution is -2.15. The van der Waals surface area contributed by atoms with E-state index in [9.17, 15) is 0 Å². The number of nitrogens with zero attached hydrogens (tertiary/aromatic N) is 1. The van der Waals surface area contributed by atoms with Crippen molar-refractivity contribution in [1.29, 1.82) is 0 Å². The Morgan fingerprint density at radius 2 is 1.78 bits per heavy atom. The lowest BCUT2D eigenvalue weighted by atomic mass is 9.81. The molecule has 2 heteroatoms. The van der Waals surface area contributed by atoms with Crippen molar-refractivity contribution in [3.63, 3.8) is 0 Å². The van der Waals surface area contributed by atoms with Gasteiger partial charge >= 0.3 is 0 Å². The Bertz CT molecular complexity index is 1560. The Hall–Kier alpha value is -3.91. The first-order chi connectivity index (χ1) is 17.6. The Kier molecular flexibility index (Phi) is 4.79. The minimum atomic E-state index is -0.0754. The van der Waals surface area contributed by atoms with Gasteiger partial charge in [0.05, 0.1) is 5.69 Å². The summed E-state index contributed by atoms with van der Waals surface area (Å²) in [5.74, 6) is 2.40. The molecule has 176 valence electrons. The quantitative estimate of drug-likeness (QED) is 0.295. The van der Waals surface area contributed by atoms with E-state index in [4.69, 9.17) is 9.72 Å². The van der Waals surface area contributed by atoms with Crippen molar-refractivity contribution in [3.05, 3.63) is 125 Å². The maximum atomic E-state index is 6.45. The molecular weight excluding hydrogens is 438 g/mol. The van der Waals surface area contributed by atoms with E-state index in [-0.39, 0.29) is 5.41 Å².